The summed E-state index contributed by atoms with van der Waals surface area (Å²) in [7, 11) is 0. The predicted octanol–water partition coefficient (Wildman–Crippen LogP) is 1.93. The lowest BCUT2D eigenvalue weighted by atomic mass is 9.91. The number of hydrogen-bond acceptors (Lipinski definition) is 3. The largest absolute Gasteiger partial charge is 0.378 e. The van der Waals surface area contributed by atoms with Gasteiger partial charge in [-0.1, -0.05) is 0 Å². The lowest BCUT2D eigenvalue weighted by Gasteiger charge is -2.36. The summed E-state index contributed by atoms with van der Waals surface area (Å²) in [6, 6.07) is 0. The molecule has 1 N–H and O–H groups in total. The summed E-state index contributed by atoms with van der Waals surface area (Å²) in [6.45, 7) is 4.50. The molecule has 0 aliphatic carbocycles. The summed E-state index contributed by atoms with van der Waals surface area (Å²) in [4.78, 5) is 22.1. The van der Waals surface area contributed by atoms with Gasteiger partial charge in [0.2, 0.25) is 5.91 Å². The number of amides is 1. The Kier molecular flexibility index (Phi) is 4.05. The third-order valence-corrected chi connectivity index (χ3v) is 4.64. The number of carbonyl (C=O) groups excluding carboxylic acids is 1. The van der Waals surface area contributed by atoms with Gasteiger partial charge in [0, 0.05) is 38.0 Å². The second-order valence-corrected chi connectivity index (χ2v) is 5.90. The van der Waals surface area contributed by atoms with Crippen molar-refractivity contribution in [1.82, 2.24) is 14.9 Å². The van der Waals surface area contributed by atoms with Crippen LogP contribution in [0.4, 0.5) is 0 Å². The van der Waals surface area contributed by atoms with Crippen molar-refractivity contribution in [2.45, 2.75) is 44.6 Å². The van der Waals surface area contributed by atoms with Gasteiger partial charge in [-0.15, -0.1) is 0 Å². The molecule has 1 amide bonds. The van der Waals surface area contributed by atoms with Crippen molar-refractivity contribution < 1.29 is 9.53 Å². The first-order valence-electron chi connectivity index (χ1n) is 7.65. The Balaban J connectivity index is 1.56. The molecule has 2 aliphatic rings. The molecule has 2 saturated heterocycles. The van der Waals surface area contributed by atoms with Gasteiger partial charge in [0.1, 0.15) is 5.82 Å². The maximum Gasteiger partial charge on any atom is 0.228 e. The van der Waals surface area contributed by atoms with E-state index >= 15 is 0 Å². The Morgan fingerprint density at radius 2 is 2.20 bits per heavy atom. The van der Waals surface area contributed by atoms with Crippen LogP contribution in [0.25, 0.3) is 0 Å². The molecular formula is C15H23N3O2. The average molecular weight is 277 g/mol. The molecule has 0 bridgehead atoms. The number of carbonyl (C=O) groups is 1. The molecule has 20 heavy (non-hydrogen) atoms. The first-order valence-corrected chi connectivity index (χ1v) is 7.65. The SMILES string of the molecule is CC1OCCCC1C(=O)N1CCC(c2ncc[nH]2)CC1. The van der Waals surface area contributed by atoms with Crippen molar-refractivity contribution >= 4 is 5.91 Å². The monoisotopic (exact) mass is 277 g/mol. The van der Waals surface area contributed by atoms with E-state index in [1.807, 2.05) is 18.0 Å². The second-order valence-electron chi connectivity index (χ2n) is 5.90. The van der Waals surface area contributed by atoms with Gasteiger partial charge >= 0.3 is 0 Å². The molecule has 2 aliphatic heterocycles. The molecule has 3 heterocycles. The number of nitrogens with one attached hydrogen (secondary N) is 1. The minimum atomic E-state index is 0.0592. The first-order chi connectivity index (χ1) is 9.75. The summed E-state index contributed by atoms with van der Waals surface area (Å²) >= 11 is 0. The molecule has 0 aromatic carbocycles. The fraction of sp³-hybridized carbons (Fsp3) is 0.733. The van der Waals surface area contributed by atoms with Crippen molar-refractivity contribution in [3.05, 3.63) is 18.2 Å². The Morgan fingerprint density at radius 1 is 1.40 bits per heavy atom. The van der Waals surface area contributed by atoms with E-state index in [-0.39, 0.29) is 17.9 Å². The summed E-state index contributed by atoms with van der Waals surface area (Å²) in [5.74, 6) is 1.87. The molecule has 2 fully saturated rings. The number of hydrogen-bond donors (Lipinski definition) is 1. The van der Waals surface area contributed by atoms with Crippen LogP contribution in [-0.2, 0) is 9.53 Å². The van der Waals surface area contributed by atoms with E-state index in [1.54, 1.807) is 6.20 Å². The average Bonchev–Trinajstić information content (AvgIpc) is 3.01. The van der Waals surface area contributed by atoms with Gasteiger partial charge in [-0.25, -0.2) is 4.98 Å². The van der Waals surface area contributed by atoms with E-state index in [2.05, 4.69) is 9.97 Å². The van der Waals surface area contributed by atoms with Gasteiger partial charge in [0.15, 0.2) is 0 Å². The second kappa shape index (κ2) is 5.95. The van der Waals surface area contributed by atoms with Crippen molar-refractivity contribution in [2.75, 3.05) is 19.7 Å². The third-order valence-electron chi connectivity index (χ3n) is 4.64. The van der Waals surface area contributed by atoms with Crippen LogP contribution in [0, 0.1) is 5.92 Å². The topological polar surface area (TPSA) is 58.2 Å². The minimum Gasteiger partial charge on any atom is -0.378 e. The van der Waals surface area contributed by atoms with E-state index in [0.29, 0.717) is 5.92 Å². The van der Waals surface area contributed by atoms with Crippen LogP contribution in [-0.4, -0.2) is 46.6 Å². The highest BCUT2D eigenvalue weighted by Crippen LogP contribution is 2.28. The highest BCUT2D eigenvalue weighted by Gasteiger charge is 2.34. The molecule has 110 valence electrons. The van der Waals surface area contributed by atoms with E-state index in [4.69, 9.17) is 4.74 Å². The molecule has 1 aromatic rings. The molecule has 1 aromatic heterocycles. The van der Waals surface area contributed by atoms with Gasteiger partial charge in [-0.05, 0) is 32.6 Å². The summed E-state index contributed by atoms with van der Waals surface area (Å²) in [5, 5.41) is 0. The van der Waals surface area contributed by atoms with Crippen LogP contribution in [0.15, 0.2) is 12.4 Å². The molecule has 2 unspecified atom stereocenters. The number of aromatic nitrogens is 2. The van der Waals surface area contributed by atoms with E-state index in [9.17, 15) is 4.79 Å². The van der Waals surface area contributed by atoms with E-state index in [1.165, 1.54) is 0 Å². The lowest BCUT2D eigenvalue weighted by Crippen LogP contribution is -2.46. The lowest BCUT2D eigenvalue weighted by molar-refractivity contribution is -0.145. The number of H-pyrrole nitrogens is 1. The molecule has 5 heteroatoms. The van der Waals surface area contributed by atoms with Crippen LogP contribution >= 0.6 is 0 Å². The van der Waals surface area contributed by atoms with Crippen molar-refractivity contribution in [3.8, 4) is 0 Å². The Hall–Kier alpha value is -1.36. The number of aromatic amines is 1. The molecule has 3 rings (SSSR count). The van der Waals surface area contributed by atoms with Crippen LogP contribution in [0.2, 0.25) is 0 Å². The zero-order chi connectivity index (χ0) is 13.9. The number of ether oxygens (including phenoxy) is 1. The number of imidazole rings is 1. The maximum absolute atomic E-state index is 12.6. The molecule has 0 spiro atoms. The number of likely N-dealkylation sites (tertiary alicyclic amines) is 1. The fourth-order valence-electron chi connectivity index (χ4n) is 3.36. The third kappa shape index (κ3) is 2.73. The number of piperidine rings is 1. The maximum atomic E-state index is 12.6. The fourth-order valence-corrected chi connectivity index (χ4v) is 3.36. The standard InChI is InChI=1S/C15H23N3O2/c1-11-13(3-2-10-20-11)15(19)18-8-4-12(5-9-18)14-16-6-7-17-14/h6-7,11-13H,2-5,8-10H2,1H3,(H,16,17). The van der Waals surface area contributed by atoms with Crippen molar-refractivity contribution in [3.63, 3.8) is 0 Å². The van der Waals surface area contributed by atoms with Crippen LogP contribution < -0.4 is 0 Å². The van der Waals surface area contributed by atoms with Crippen molar-refractivity contribution in [1.29, 1.82) is 0 Å². The highest BCUT2D eigenvalue weighted by atomic mass is 16.5. The van der Waals surface area contributed by atoms with Crippen LogP contribution in [0.5, 0.6) is 0 Å². The summed E-state index contributed by atoms with van der Waals surface area (Å²) in [6.07, 6.45) is 7.71. The Bertz CT molecular complexity index is 438. The number of nitrogens with zero attached hydrogens (tertiary/aromatic N) is 2. The van der Waals surface area contributed by atoms with Gasteiger partial charge in [-0.2, -0.15) is 0 Å². The smallest absolute Gasteiger partial charge is 0.228 e. The zero-order valence-corrected chi connectivity index (χ0v) is 12.0. The van der Waals surface area contributed by atoms with Gasteiger partial charge in [0.05, 0.1) is 12.0 Å². The summed E-state index contributed by atoms with van der Waals surface area (Å²) in [5.41, 5.74) is 0. The molecule has 5 nitrogen and oxygen atoms in total. The molecular weight excluding hydrogens is 254 g/mol. The van der Waals surface area contributed by atoms with Gasteiger partial charge in [0.25, 0.3) is 0 Å². The van der Waals surface area contributed by atoms with Crippen LogP contribution in [0.3, 0.4) is 0 Å². The predicted molar refractivity (Wildman–Crippen MR) is 75.3 cm³/mol. The first kappa shape index (κ1) is 13.6. The number of rotatable bonds is 2. The minimum absolute atomic E-state index is 0.0592. The Morgan fingerprint density at radius 3 is 2.85 bits per heavy atom. The summed E-state index contributed by atoms with van der Waals surface area (Å²) < 4.78 is 5.62. The van der Waals surface area contributed by atoms with E-state index < -0.39 is 0 Å². The highest BCUT2D eigenvalue weighted by molar-refractivity contribution is 5.79. The molecule has 0 radical (unpaired) electrons. The van der Waals surface area contributed by atoms with Crippen LogP contribution in [0.1, 0.15) is 44.3 Å². The van der Waals surface area contributed by atoms with Gasteiger partial charge < -0.3 is 14.6 Å². The normalized spacial score (nSPS) is 28.6. The Labute approximate surface area is 119 Å². The molecule has 2 atom stereocenters. The van der Waals surface area contributed by atoms with E-state index in [0.717, 1.165) is 51.2 Å². The van der Waals surface area contributed by atoms with Crippen molar-refractivity contribution in [2.24, 2.45) is 5.92 Å². The zero-order valence-electron chi connectivity index (χ0n) is 12.0. The molecule has 0 saturated carbocycles. The van der Waals surface area contributed by atoms with Gasteiger partial charge in [-0.3, -0.25) is 4.79 Å². The quantitative estimate of drug-likeness (QED) is 0.898.